The molecule has 6 heteroatoms. The molecule has 8 aromatic rings. The Kier molecular flexibility index (Phi) is 7.24. The van der Waals surface area contributed by atoms with Gasteiger partial charge in [-0.05, 0) is 170 Å². The van der Waals surface area contributed by atoms with Crippen LogP contribution in [0.5, 0.6) is 0 Å². The van der Waals surface area contributed by atoms with Crippen LogP contribution in [0.3, 0.4) is 0 Å². The molecule has 8 aliphatic carbocycles. The van der Waals surface area contributed by atoms with Crippen molar-refractivity contribution < 1.29 is 0 Å². The molecule has 2 aromatic heterocycles. The standard InChI is InChI=1S/C59H51N5S/c1-10-23-53-42(12-1)43-13-11-14-44(54(43)65-53)55-60-56(63-49-19-6-2-15-45(49)58(46-16-3-7-20-50(46)63)38-26-34-24-35(28-38)29-39(58)27-34)62-57(61-55)64-51-21-8-4-17-47(51)59(48-18-5-9-22-52(48)64)40-30-36-25-37(32-40)33-41(59)31-36/h1-23,34-41H,24-33H2. The molecule has 0 unspecified atom stereocenters. The summed E-state index contributed by atoms with van der Waals surface area (Å²) < 4.78 is 2.50. The van der Waals surface area contributed by atoms with Crippen LogP contribution in [0.25, 0.3) is 31.6 Å². The highest BCUT2D eigenvalue weighted by atomic mass is 32.1. The van der Waals surface area contributed by atoms with E-state index in [1.165, 1.54) is 129 Å². The van der Waals surface area contributed by atoms with Crippen molar-refractivity contribution >= 4 is 66.2 Å². The second-order valence-electron chi connectivity index (χ2n) is 21.6. The molecule has 2 aliphatic heterocycles. The molecule has 0 saturated heterocycles. The second-order valence-corrected chi connectivity index (χ2v) is 22.7. The van der Waals surface area contributed by atoms with Crippen LogP contribution in [-0.2, 0) is 10.8 Å². The average Bonchev–Trinajstić information content (AvgIpc) is 3.72. The van der Waals surface area contributed by atoms with E-state index in [9.17, 15) is 0 Å². The fourth-order valence-corrected chi connectivity index (χ4v) is 18.5. The Labute approximate surface area is 384 Å². The Balaban J connectivity index is 0.959. The maximum absolute atomic E-state index is 5.81. The predicted octanol–water partition coefficient (Wildman–Crippen LogP) is 15.0. The SMILES string of the molecule is c1ccc2c(c1)N(c1nc(-c3cccc4c3sc3ccccc34)nc(N3c4ccccc4C4(c5ccccc53)C3CC5CC(C3)CC4C5)n1)c1ccccc1C21C2CC3CC(C2)CC1C3. The summed E-state index contributed by atoms with van der Waals surface area (Å²) in [5.74, 6) is 8.19. The minimum Gasteiger partial charge on any atom is -0.278 e. The Bertz CT molecular complexity index is 3000. The highest BCUT2D eigenvalue weighted by Crippen LogP contribution is 2.71. The van der Waals surface area contributed by atoms with Gasteiger partial charge in [0.05, 0.1) is 22.7 Å². The Morgan fingerprint density at radius 2 is 0.769 bits per heavy atom. The van der Waals surface area contributed by atoms with Gasteiger partial charge in [0, 0.05) is 36.6 Å². The third-order valence-corrected chi connectivity index (χ3v) is 20.1. The lowest BCUT2D eigenvalue weighted by Gasteiger charge is -2.64. The first-order valence-electron chi connectivity index (χ1n) is 24.8. The van der Waals surface area contributed by atoms with Gasteiger partial charge in [0.1, 0.15) is 0 Å². The molecule has 8 bridgehead atoms. The van der Waals surface area contributed by atoms with Crippen LogP contribution in [-0.4, -0.2) is 15.0 Å². The number of fused-ring (bicyclic) bond motifs is 7. The van der Waals surface area contributed by atoms with Crippen molar-refractivity contribution in [3.05, 3.63) is 162 Å². The highest BCUT2D eigenvalue weighted by molar-refractivity contribution is 7.26. The molecule has 0 amide bonds. The van der Waals surface area contributed by atoms with E-state index >= 15 is 0 Å². The number of rotatable bonds is 3. The second kappa shape index (κ2) is 12.9. The van der Waals surface area contributed by atoms with Crippen molar-refractivity contribution in [3.8, 4) is 11.4 Å². The lowest BCUT2D eigenvalue weighted by Crippen LogP contribution is -2.57. The number of benzene rings is 6. The average molecular weight is 862 g/mol. The number of nitrogens with zero attached hydrogens (tertiary/aromatic N) is 5. The summed E-state index contributed by atoms with van der Waals surface area (Å²) in [5, 5.41) is 2.53. The van der Waals surface area contributed by atoms with Gasteiger partial charge in [-0.2, -0.15) is 15.0 Å². The number of thiophene rings is 1. The summed E-state index contributed by atoms with van der Waals surface area (Å²) in [5.41, 5.74) is 11.9. The van der Waals surface area contributed by atoms with Gasteiger partial charge in [0.15, 0.2) is 5.82 Å². The zero-order chi connectivity index (χ0) is 42.2. The van der Waals surface area contributed by atoms with Gasteiger partial charge >= 0.3 is 0 Å². The van der Waals surface area contributed by atoms with E-state index in [1.807, 2.05) is 11.3 Å². The molecule has 18 rings (SSSR count). The summed E-state index contributed by atoms with van der Waals surface area (Å²) in [7, 11) is 0. The van der Waals surface area contributed by atoms with E-state index in [1.54, 1.807) is 0 Å². The van der Waals surface area contributed by atoms with Crippen LogP contribution in [0.1, 0.15) is 86.5 Å². The first-order valence-corrected chi connectivity index (χ1v) is 25.6. The maximum Gasteiger partial charge on any atom is 0.240 e. The summed E-state index contributed by atoms with van der Waals surface area (Å²) >= 11 is 1.85. The minimum absolute atomic E-state index is 0.00378. The quantitative estimate of drug-likeness (QED) is 0.177. The van der Waals surface area contributed by atoms with Gasteiger partial charge in [0.25, 0.3) is 0 Å². The lowest BCUT2D eigenvalue weighted by molar-refractivity contribution is -0.0419. The van der Waals surface area contributed by atoms with Crippen LogP contribution < -0.4 is 9.80 Å². The number of anilines is 6. The van der Waals surface area contributed by atoms with Crippen LogP contribution in [0.15, 0.2) is 140 Å². The molecule has 318 valence electrons. The smallest absolute Gasteiger partial charge is 0.240 e. The van der Waals surface area contributed by atoms with Crippen molar-refractivity contribution in [1.29, 1.82) is 0 Å². The van der Waals surface area contributed by atoms with Crippen molar-refractivity contribution in [2.75, 3.05) is 9.80 Å². The molecule has 4 heterocycles. The first-order chi connectivity index (χ1) is 32.1. The summed E-state index contributed by atoms with van der Waals surface area (Å²) in [6, 6.07) is 53.1. The van der Waals surface area contributed by atoms with E-state index in [0.29, 0.717) is 35.6 Å². The minimum atomic E-state index is -0.00378. The van der Waals surface area contributed by atoms with E-state index < -0.39 is 0 Å². The lowest BCUT2D eigenvalue weighted by atomic mass is 9.41. The fourth-order valence-electron chi connectivity index (χ4n) is 17.3. The molecule has 10 aliphatic rings. The van der Waals surface area contributed by atoms with E-state index in [2.05, 4.69) is 149 Å². The van der Waals surface area contributed by atoms with Crippen molar-refractivity contribution in [2.45, 2.75) is 75.0 Å². The topological polar surface area (TPSA) is 45.2 Å². The van der Waals surface area contributed by atoms with Crippen LogP contribution in [0.2, 0.25) is 0 Å². The van der Waals surface area contributed by atoms with Gasteiger partial charge in [-0.25, -0.2) is 0 Å². The molecule has 0 radical (unpaired) electrons. The van der Waals surface area contributed by atoms with E-state index in [4.69, 9.17) is 15.0 Å². The molecule has 8 saturated carbocycles. The Morgan fingerprint density at radius 1 is 0.385 bits per heavy atom. The summed E-state index contributed by atoms with van der Waals surface area (Å²) in [6.45, 7) is 0. The largest absolute Gasteiger partial charge is 0.278 e. The number of para-hydroxylation sites is 4. The molecule has 6 aromatic carbocycles. The van der Waals surface area contributed by atoms with Gasteiger partial charge in [-0.15, -0.1) is 11.3 Å². The highest BCUT2D eigenvalue weighted by Gasteiger charge is 2.63. The number of aromatic nitrogens is 3. The third-order valence-electron chi connectivity index (χ3n) is 18.9. The van der Waals surface area contributed by atoms with Crippen LogP contribution in [0, 0.1) is 47.3 Å². The molecular formula is C59H51N5S. The molecule has 5 nitrogen and oxygen atoms in total. The fraction of sp³-hybridized carbons (Fsp3) is 0.339. The Hall–Kier alpha value is -5.85. The maximum atomic E-state index is 5.81. The Morgan fingerprint density at radius 3 is 1.22 bits per heavy atom. The zero-order valence-corrected chi connectivity index (χ0v) is 37.4. The van der Waals surface area contributed by atoms with Crippen molar-refractivity contribution in [3.63, 3.8) is 0 Å². The molecule has 8 fully saturated rings. The molecule has 2 spiro atoms. The number of hydrogen-bond donors (Lipinski definition) is 0. The van der Waals surface area contributed by atoms with Gasteiger partial charge in [0.2, 0.25) is 11.9 Å². The summed E-state index contributed by atoms with van der Waals surface area (Å²) in [6.07, 6.45) is 13.6. The van der Waals surface area contributed by atoms with Crippen molar-refractivity contribution in [2.24, 2.45) is 47.3 Å². The molecular weight excluding hydrogens is 811 g/mol. The van der Waals surface area contributed by atoms with Gasteiger partial charge in [-0.1, -0.05) is 103 Å². The first kappa shape index (κ1) is 36.4. The predicted molar refractivity (Wildman–Crippen MR) is 263 cm³/mol. The van der Waals surface area contributed by atoms with E-state index in [-0.39, 0.29) is 10.8 Å². The van der Waals surface area contributed by atoms with Crippen LogP contribution >= 0.6 is 11.3 Å². The number of hydrogen-bond acceptors (Lipinski definition) is 6. The summed E-state index contributed by atoms with van der Waals surface area (Å²) in [4.78, 5) is 22.1. The normalized spacial score (nSPS) is 28.8. The van der Waals surface area contributed by atoms with Gasteiger partial charge < -0.3 is 0 Å². The van der Waals surface area contributed by atoms with Crippen LogP contribution in [0.4, 0.5) is 34.6 Å². The monoisotopic (exact) mass is 861 g/mol. The third kappa shape index (κ3) is 4.62. The van der Waals surface area contributed by atoms with E-state index in [0.717, 1.165) is 35.1 Å². The molecule has 65 heavy (non-hydrogen) atoms. The molecule has 0 atom stereocenters. The van der Waals surface area contributed by atoms with Gasteiger partial charge in [-0.3, -0.25) is 9.80 Å². The zero-order valence-electron chi connectivity index (χ0n) is 36.6. The molecule has 0 N–H and O–H groups in total. The van der Waals surface area contributed by atoms with Crippen molar-refractivity contribution in [1.82, 2.24) is 15.0 Å².